The Labute approximate surface area is 207 Å². The molecule has 4 amide bonds. The molecule has 0 bridgehead atoms. The fourth-order valence-electron chi connectivity index (χ4n) is 4.85. The Bertz CT molecular complexity index is 1110. The Kier molecular flexibility index (Phi) is 7.05. The number of carboxylic acids is 1. The number of likely N-dealkylation sites (N-methyl/N-ethyl adjacent to an activating group) is 1. The van der Waals surface area contributed by atoms with Gasteiger partial charge in [0.15, 0.2) is 5.78 Å². The Morgan fingerprint density at radius 3 is 2.56 bits per heavy atom. The minimum Gasteiger partial charge on any atom is -0.535 e. The predicted octanol–water partition coefficient (Wildman–Crippen LogP) is -0.329. The summed E-state index contributed by atoms with van der Waals surface area (Å²) in [4.78, 5) is 64.5. The smallest absolute Gasteiger partial charge is 0.526 e. The van der Waals surface area contributed by atoms with Gasteiger partial charge in [0.2, 0.25) is 0 Å². The summed E-state index contributed by atoms with van der Waals surface area (Å²) in [6.07, 6.45) is 0.902. The third-order valence-electron chi connectivity index (χ3n) is 7.26. The molecule has 1 aliphatic carbocycles. The maximum atomic E-state index is 13.4. The molecule has 1 saturated heterocycles. The van der Waals surface area contributed by atoms with E-state index in [0.717, 1.165) is 4.90 Å². The number of para-hydroxylation sites is 1. The summed E-state index contributed by atoms with van der Waals surface area (Å²) in [5, 5.41) is 32.4. The van der Waals surface area contributed by atoms with E-state index in [1.165, 1.54) is 11.0 Å². The van der Waals surface area contributed by atoms with E-state index in [9.17, 15) is 39.2 Å². The van der Waals surface area contributed by atoms with E-state index in [0.29, 0.717) is 24.9 Å². The first kappa shape index (κ1) is 25.6. The van der Waals surface area contributed by atoms with E-state index >= 15 is 0 Å². The number of carbonyl (C=O) groups is 5. The van der Waals surface area contributed by atoms with E-state index in [1.807, 2.05) is 0 Å². The second kappa shape index (κ2) is 9.90. The van der Waals surface area contributed by atoms with Gasteiger partial charge in [0.05, 0.1) is 18.2 Å². The summed E-state index contributed by atoms with van der Waals surface area (Å²) < 4.78 is 5.46. The number of imide groups is 1. The van der Waals surface area contributed by atoms with Crippen LogP contribution in [-0.2, 0) is 20.8 Å². The lowest BCUT2D eigenvalue weighted by molar-refractivity contribution is -0.153. The standard InChI is InChI=1S/C23H28BN3O9/c1-2-26-8-9-27(20(31)19(26)30)22(34)25-18(23(12-28)6-7-23)16(29)11-14-10-13-4-3-5-15(21(32)33)17(13)36-24(14)35/h3-5,14,18,28,35H,2,6-12H2,1H3,(H,25,34)(H,32,33)/t14-,18+/m1/s1. The molecule has 12 nitrogen and oxygen atoms in total. The molecule has 13 heteroatoms. The van der Waals surface area contributed by atoms with Gasteiger partial charge in [-0.25, -0.2) is 9.59 Å². The molecule has 3 aliphatic rings. The molecule has 1 aromatic rings. The van der Waals surface area contributed by atoms with Crippen LogP contribution in [0.3, 0.4) is 0 Å². The fraction of sp³-hybridized carbons (Fsp3) is 0.522. The highest BCUT2D eigenvalue weighted by atomic mass is 16.5. The molecule has 2 aliphatic heterocycles. The minimum absolute atomic E-state index is 0.0187. The monoisotopic (exact) mass is 501 g/mol. The minimum atomic E-state index is -1.45. The third kappa shape index (κ3) is 4.68. The lowest BCUT2D eigenvalue weighted by Gasteiger charge is -2.34. The number of amides is 4. The van der Waals surface area contributed by atoms with Crippen molar-refractivity contribution in [3.05, 3.63) is 29.3 Å². The van der Waals surface area contributed by atoms with Crippen molar-refractivity contribution in [1.29, 1.82) is 0 Å². The van der Waals surface area contributed by atoms with Gasteiger partial charge < -0.3 is 30.1 Å². The van der Waals surface area contributed by atoms with Crippen LogP contribution in [0.25, 0.3) is 0 Å². The second-order valence-corrected chi connectivity index (χ2v) is 9.49. The predicted molar refractivity (Wildman–Crippen MR) is 124 cm³/mol. The lowest BCUT2D eigenvalue weighted by Crippen LogP contribution is -2.61. The van der Waals surface area contributed by atoms with Crippen molar-refractivity contribution in [1.82, 2.24) is 15.1 Å². The molecule has 2 heterocycles. The highest BCUT2D eigenvalue weighted by molar-refractivity contribution is 6.47. The normalized spacial score (nSPS) is 21.4. The number of aliphatic hydroxyl groups is 1. The van der Waals surface area contributed by atoms with Gasteiger partial charge in [0.25, 0.3) is 0 Å². The van der Waals surface area contributed by atoms with Crippen LogP contribution in [0.5, 0.6) is 5.75 Å². The average Bonchev–Trinajstić information content (AvgIpc) is 3.65. The summed E-state index contributed by atoms with van der Waals surface area (Å²) in [7, 11) is -1.45. The van der Waals surface area contributed by atoms with E-state index in [4.69, 9.17) is 4.65 Å². The quantitative estimate of drug-likeness (QED) is 0.275. The van der Waals surface area contributed by atoms with Gasteiger partial charge >= 0.3 is 30.9 Å². The topological polar surface area (TPSA) is 174 Å². The molecule has 4 N–H and O–H groups in total. The molecule has 0 radical (unpaired) electrons. The molecular formula is C23H28BN3O9. The Morgan fingerprint density at radius 1 is 1.22 bits per heavy atom. The van der Waals surface area contributed by atoms with Crippen molar-refractivity contribution in [2.75, 3.05) is 26.2 Å². The van der Waals surface area contributed by atoms with Crippen LogP contribution in [-0.4, -0.2) is 94.0 Å². The number of carboxylic acid groups (broad SMARTS) is 1. The van der Waals surface area contributed by atoms with Crippen molar-refractivity contribution in [3.63, 3.8) is 0 Å². The first-order chi connectivity index (χ1) is 17.1. The maximum absolute atomic E-state index is 13.4. The number of hydrogen-bond donors (Lipinski definition) is 4. The van der Waals surface area contributed by atoms with Crippen LogP contribution < -0.4 is 9.97 Å². The molecule has 4 rings (SSSR count). The zero-order chi connectivity index (χ0) is 26.2. The largest absolute Gasteiger partial charge is 0.535 e. The summed E-state index contributed by atoms with van der Waals surface area (Å²) in [6, 6.07) is 2.53. The number of nitrogens with one attached hydrogen (secondary N) is 1. The number of aliphatic hydroxyl groups excluding tert-OH is 1. The number of nitrogens with zero attached hydrogens (tertiary/aromatic N) is 2. The van der Waals surface area contributed by atoms with Crippen molar-refractivity contribution >= 4 is 36.7 Å². The van der Waals surface area contributed by atoms with Gasteiger partial charge in [0.1, 0.15) is 5.75 Å². The van der Waals surface area contributed by atoms with E-state index in [-0.39, 0.29) is 43.9 Å². The Hall–Kier alpha value is -3.45. The summed E-state index contributed by atoms with van der Waals surface area (Å²) >= 11 is 0. The number of benzene rings is 1. The molecule has 0 aromatic heterocycles. The van der Waals surface area contributed by atoms with Crippen LogP contribution >= 0.6 is 0 Å². The third-order valence-corrected chi connectivity index (χ3v) is 7.26. The van der Waals surface area contributed by atoms with E-state index in [1.54, 1.807) is 19.1 Å². The SMILES string of the molecule is CCN1CCN(C(=O)N[C@@H](C(=O)C[C@H]2Cc3cccc(C(=O)O)c3OB2O)C2(CO)CC2)C(=O)C1=O. The van der Waals surface area contributed by atoms with Crippen molar-refractivity contribution in [3.8, 4) is 5.75 Å². The zero-order valence-electron chi connectivity index (χ0n) is 19.8. The molecule has 2 fully saturated rings. The number of Topliss-reactive ketones (excluding diaryl/α,β-unsaturated/α-hetero) is 1. The van der Waals surface area contributed by atoms with Crippen LogP contribution in [0.2, 0.25) is 5.82 Å². The number of fused-ring (bicyclic) bond motifs is 1. The average molecular weight is 501 g/mol. The van der Waals surface area contributed by atoms with Crippen LogP contribution in [0.1, 0.15) is 42.1 Å². The number of rotatable bonds is 8. The van der Waals surface area contributed by atoms with Crippen molar-refractivity contribution in [2.45, 2.75) is 44.5 Å². The highest BCUT2D eigenvalue weighted by Gasteiger charge is 2.54. The van der Waals surface area contributed by atoms with E-state index in [2.05, 4.69) is 5.32 Å². The van der Waals surface area contributed by atoms with Gasteiger partial charge in [-0.05, 0) is 37.8 Å². The van der Waals surface area contributed by atoms with Gasteiger partial charge in [-0.1, -0.05) is 12.1 Å². The number of piperazine rings is 1. The fourth-order valence-corrected chi connectivity index (χ4v) is 4.85. The van der Waals surface area contributed by atoms with Crippen LogP contribution in [0.4, 0.5) is 4.79 Å². The zero-order valence-corrected chi connectivity index (χ0v) is 19.8. The van der Waals surface area contributed by atoms with Crippen molar-refractivity contribution in [2.24, 2.45) is 5.41 Å². The molecule has 36 heavy (non-hydrogen) atoms. The van der Waals surface area contributed by atoms with Crippen LogP contribution in [0, 0.1) is 5.41 Å². The highest BCUT2D eigenvalue weighted by Crippen LogP contribution is 2.49. The molecule has 192 valence electrons. The first-order valence-corrected chi connectivity index (χ1v) is 11.9. The number of hydrogen-bond acceptors (Lipinski definition) is 8. The summed E-state index contributed by atoms with van der Waals surface area (Å²) in [5.41, 5.74) is -0.458. The molecule has 0 unspecified atom stereocenters. The number of aromatic carboxylic acids is 1. The van der Waals surface area contributed by atoms with Gasteiger partial charge in [-0.2, -0.15) is 0 Å². The molecule has 0 spiro atoms. The first-order valence-electron chi connectivity index (χ1n) is 11.9. The van der Waals surface area contributed by atoms with Crippen LogP contribution in [0.15, 0.2) is 18.2 Å². The summed E-state index contributed by atoms with van der Waals surface area (Å²) in [6.45, 7) is 1.85. The number of urea groups is 1. The Balaban J connectivity index is 1.49. The van der Waals surface area contributed by atoms with Gasteiger partial charge in [-0.15, -0.1) is 0 Å². The van der Waals surface area contributed by atoms with Gasteiger partial charge in [-0.3, -0.25) is 19.3 Å². The molecular weight excluding hydrogens is 473 g/mol. The maximum Gasteiger partial charge on any atom is 0.526 e. The summed E-state index contributed by atoms with van der Waals surface area (Å²) in [5.74, 6) is -4.13. The second-order valence-electron chi connectivity index (χ2n) is 9.49. The lowest BCUT2D eigenvalue weighted by atomic mass is 9.63. The number of ketones is 1. The molecule has 2 atom stereocenters. The number of carbonyl (C=O) groups excluding carboxylic acids is 4. The van der Waals surface area contributed by atoms with Crippen molar-refractivity contribution < 1.29 is 43.9 Å². The molecule has 1 aromatic carbocycles. The van der Waals surface area contributed by atoms with E-state index < -0.39 is 54.0 Å². The Morgan fingerprint density at radius 2 is 1.94 bits per heavy atom. The molecule has 1 saturated carbocycles. The van der Waals surface area contributed by atoms with Gasteiger partial charge in [0, 0.05) is 37.3 Å².